The van der Waals surface area contributed by atoms with Crippen LogP contribution in [-0.2, 0) is 54.3 Å². The number of imide groups is 1. The lowest BCUT2D eigenvalue weighted by Crippen LogP contribution is -2.50. The Balaban J connectivity index is 1.47. The molecular formula is C48H65F2N7O10S. The molecule has 3 aromatic rings. The normalized spacial score (nSPS) is 13.4. The first-order valence-corrected chi connectivity index (χ1v) is 23.6. The molecule has 1 aliphatic heterocycles. The summed E-state index contributed by atoms with van der Waals surface area (Å²) >= 11 is 1.14. The first kappa shape index (κ1) is 55.1. The molecule has 0 spiro atoms. The van der Waals surface area contributed by atoms with Gasteiger partial charge in [-0.25, -0.2) is 8.78 Å². The van der Waals surface area contributed by atoms with Crippen molar-refractivity contribution < 1.29 is 56.5 Å². The number of thioether (sulfide) groups is 1. The summed E-state index contributed by atoms with van der Waals surface area (Å²) in [4.78, 5) is 79.9. The molecule has 2 unspecified atom stereocenters. The van der Waals surface area contributed by atoms with Gasteiger partial charge in [0.25, 0.3) is 11.8 Å². The maximum Gasteiger partial charge on any atom is 0.254 e. The highest BCUT2D eigenvalue weighted by molar-refractivity contribution is 8.00. The van der Waals surface area contributed by atoms with Gasteiger partial charge in [0.15, 0.2) is 0 Å². The van der Waals surface area contributed by atoms with Crippen LogP contribution in [0.15, 0.2) is 72.9 Å². The predicted octanol–water partition coefficient (Wildman–Crippen LogP) is 3.21. The number of nitrogens with zero attached hydrogens (tertiary/aromatic N) is 3. The van der Waals surface area contributed by atoms with E-state index in [1.165, 1.54) is 0 Å². The molecule has 2 atom stereocenters. The Kier molecular flexibility index (Phi) is 23.3. The molecule has 6 amide bonds. The van der Waals surface area contributed by atoms with Crippen LogP contribution in [0, 0.1) is 17.0 Å². The van der Waals surface area contributed by atoms with E-state index in [0.717, 1.165) is 52.6 Å². The minimum Gasteiger partial charge on any atom is -0.382 e. The third kappa shape index (κ3) is 18.2. The molecule has 2 heterocycles. The summed E-state index contributed by atoms with van der Waals surface area (Å²) in [5.41, 5.74) is 7.59. The van der Waals surface area contributed by atoms with Crippen LogP contribution in [0.5, 0.6) is 0 Å². The molecule has 372 valence electrons. The molecule has 20 heteroatoms. The molecule has 0 bridgehead atoms. The zero-order valence-corrected chi connectivity index (χ0v) is 40.1. The zero-order valence-electron chi connectivity index (χ0n) is 39.3. The fraction of sp³-hybridized carbons (Fsp3) is 0.500. The number of carbonyl (C=O) groups is 6. The van der Waals surface area contributed by atoms with Crippen LogP contribution in [-0.4, -0.2) is 153 Å². The lowest BCUT2D eigenvalue weighted by atomic mass is 9.83. The number of hydrogen-bond donors (Lipinski definition) is 4. The number of nitrogens with two attached hydrogens (primary N) is 1. The van der Waals surface area contributed by atoms with Gasteiger partial charge in [-0.15, -0.1) is 11.8 Å². The second-order valence-electron chi connectivity index (χ2n) is 16.8. The first-order valence-electron chi connectivity index (χ1n) is 22.5. The average molecular weight is 970 g/mol. The molecule has 1 aromatic heterocycles. The van der Waals surface area contributed by atoms with Crippen LogP contribution in [0.1, 0.15) is 50.9 Å². The van der Waals surface area contributed by atoms with Gasteiger partial charge in [0.05, 0.1) is 58.0 Å². The Morgan fingerprint density at radius 2 is 1.49 bits per heavy atom. The van der Waals surface area contributed by atoms with Crippen molar-refractivity contribution in [1.82, 2.24) is 30.3 Å². The summed E-state index contributed by atoms with van der Waals surface area (Å²) in [6.45, 7) is 8.62. The van der Waals surface area contributed by atoms with E-state index in [4.69, 9.17) is 24.7 Å². The number of halogens is 2. The van der Waals surface area contributed by atoms with E-state index in [9.17, 15) is 33.2 Å². The van der Waals surface area contributed by atoms with Crippen molar-refractivity contribution in [2.75, 3.05) is 97.6 Å². The van der Waals surface area contributed by atoms with Crippen molar-refractivity contribution >= 4 is 47.2 Å². The second kappa shape index (κ2) is 28.7. The lowest BCUT2D eigenvalue weighted by Gasteiger charge is -2.41. The van der Waals surface area contributed by atoms with Gasteiger partial charge in [-0.05, 0) is 48.2 Å². The van der Waals surface area contributed by atoms with E-state index in [1.807, 2.05) is 55.7 Å². The molecule has 17 nitrogen and oxygen atoms in total. The summed E-state index contributed by atoms with van der Waals surface area (Å²) in [5.74, 6) is -4.44. The number of nitrogens with one attached hydrogen (secondary N) is 3. The number of methoxy groups -OCH3 is 1. The van der Waals surface area contributed by atoms with Gasteiger partial charge in [-0.2, -0.15) is 0 Å². The predicted molar refractivity (Wildman–Crippen MR) is 253 cm³/mol. The minimum atomic E-state index is -1.11. The molecule has 0 aliphatic carbocycles. The quantitative estimate of drug-likeness (QED) is 0.0541. The highest BCUT2D eigenvalue weighted by Gasteiger charge is 2.37. The maximum absolute atomic E-state index is 15.3. The molecule has 0 fully saturated rings. The SMILES string of the molecule is COCCOCCOCCOCCC(=O)NC(CSCC(=O)N(CCCN)C(c1cc(-c2cc(F)ccc2F)cn1Cc1ccccc1)C(C)(C)C)C(=O)NCCNC(=O)CN1C(=O)C=CC1=O. The van der Waals surface area contributed by atoms with Crippen molar-refractivity contribution in [3.05, 3.63) is 95.8 Å². The highest BCUT2D eigenvalue weighted by atomic mass is 32.2. The van der Waals surface area contributed by atoms with Gasteiger partial charge in [0.1, 0.15) is 24.2 Å². The molecule has 2 aromatic carbocycles. The van der Waals surface area contributed by atoms with Gasteiger partial charge in [-0.1, -0.05) is 51.1 Å². The van der Waals surface area contributed by atoms with Crippen LogP contribution in [0.25, 0.3) is 11.1 Å². The van der Waals surface area contributed by atoms with E-state index in [-0.39, 0.29) is 68.9 Å². The van der Waals surface area contributed by atoms with Crippen LogP contribution in [0.3, 0.4) is 0 Å². The van der Waals surface area contributed by atoms with E-state index in [1.54, 1.807) is 24.3 Å². The highest BCUT2D eigenvalue weighted by Crippen LogP contribution is 2.41. The Hall–Kier alpha value is -5.51. The minimum absolute atomic E-state index is 0.0126. The summed E-state index contributed by atoms with van der Waals surface area (Å²) < 4.78 is 53.0. The average Bonchev–Trinajstić information content (AvgIpc) is 3.85. The fourth-order valence-corrected chi connectivity index (χ4v) is 8.14. The smallest absolute Gasteiger partial charge is 0.254 e. The van der Waals surface area contributed by atoms with E-state index in [2.05, 4.69) is 16.0 Å². The van der Waals surface area contributed by atoms with Gasteiger partial charge in [0.2, 0.25) is 23.6 Å². The molecule has 4 rings (SSSR count). The molecular weight excluding hydrogens is 905 g/mol. The Morgan fingerprint density at radius 3 is 2.13 bits per heavy atom. The third-order valence-electron chi connectivity index (χ3n) is 10.5. The molecule has 68 heavy (non-hydrogen) atoms. The summed E-state index contributed by atoms with van der Waals surface area (Å²) in [6.07, 6.45) is 4.30. The molecule has 0 saturated carbocycles. The number of rotatable bonds is 31. The van der Waals surface area contributed by atoms with Crippen molar-refractivity contribution in [2.24, 2.45) is 11.1 Å². The van der Waals surface area contributed by atoms with E-state index in [0.29, 0.717) is 57.2 Å². The molecule has 1 aliphatic rings. The van der Waals surface area contributed by atoms with Crippen molar-refractivity contribution in [2.45, 2.75) is 52.2 Å². The summed E-state index contributed by atoms with van der Waals surface area (Å²) in [6, 6.07) is 13.0. The monoisotopic (exact) mass is 969 g/mol. The van der Waals surface area contributed by atoms with Crippen LogP contribution in [0.2, 0.25) is 0 Å². The van der Waals surface area contributed by atoms with E-state index < -0.39 is 65.2 Å². The largest absolute Gasteiger partial charge is 0.382 e. The Morgan fingerprint density at radius 1 is 0.838 bits per heavy atom. The standard InChI is InChI=1S/C48H65F2N7O10S/c1-48(2,3)46(40-27-35(37-28-36(49)11-12-38(37)50)30-55(40)29-34-9-6-5-7-10-34)56(19-8-16-51)45(62)33-68-32-39(54-41(58)15-20-65-23-24-67-26-25-66-22-21-64-4)47(63)53-18-17-52-42(59)31-57-43(60)13-14-44(57)61/h5-7,9-14,27-28,30,39,46H,8,15-26,29,31-33,51H2,1-4H3,(H,52,59)(H,53,63)(H,54,58). The number of aromatic nitrogens is 1. The Bertz CT molecular complexity index is 2140. The number of ether oxygens (including phenoxy) is 4. The molecule has 5 N–H and O–H groups in total. The van der Waals surface area contributed by atoms with Crippen LogP contribution in [0.4, 0.5) is 8.78 Å². The number of carbonyl (C=O) groups excluding carboxylic acids is 6. The number of benzene rings is 2. The van der Waals surface area contributed by atoms with Crippen molar-refractivity contribution in [3.63, 3.8) is 0 Å². The number of hydrogen-bond acceptors (Lipinski definition) is 12. The first-order chi connectivity index (χ1) is 32.6. The van der Waals surface area contributed by atoms with Gasteiger partial charge in [-0.3, -0.25) is 33.7 Å². The number of amides is 6. The fourth-order valence-electron chi connectivity index (χ4n) is 7.21. The van der Waals surface area contributed by atoms with Crippen LogP contribution < -0.4 is 21.7 Å². The van der Waals surface area contributed by atoms with Crippen molar-refractivity contribution in [3.8, 4) is 11.1 Å². The topological polar surface area (TPSA) is 213 Å². The zero-order chi connectivity index (χ0) is 49.5. The lowest BCUT2D eigenvalue weighted by molar-refractivity contribution is -0.141. The van der Waals surface area contributed by atoms with E-state index >= 15 is 4.39 Å². The third-order valence-corrected chi connectivity index (χ3v) is 11.5. The Labute approximate surface area is 400 Å². The van der Waals surface area contributed by atoms with Crippen LogP contribution >= 0.6 is 11.8 Å². The molecule has 0 saturated heterocycles. The molecule has 0 radical (unpaired) electrons. The summed E-state index contributed by atoms with van der Waals surface area (Å²) in [7, 11) is 1.59. The van der Waals surface area contributed by atoms with Gasteiger partial charge >= 0.3 is 0 Å². The van der Waals surface area contributed by atoms with Gasteiger partial charge < -0.3 is 50.1 Å². The van der Waals surface area contributed by atoms with Gasteiger partial charge in [0, 0.05) is 80.6 Å². The maximum atomic E-state index is 15.3. The second-order valence-corrected chi connectivity index (χ2v) is 17.9. The van der Waals surface area contributed by atoms with Crippen molar-refractivity contribution in [1.29, 1.82) is 0 Å². The summed E-state index contributed by atoms with van der Waals surface area (Å²) in [5, 5.41) is 7.99.